The number of hydrogen-bond donors (Lipinski definition) is 3. The molecule has 1 atom stereocenters. The molecule has 5 aromatic carbocycles. The molecule has 54 heavy (non-hydrogen) atoms. The quantitative estimate of drug-likeness (QED) is 0.0449. The van der Waals surface area contributed by atoms with E-state index in [1.165, 1.54) is 59.5 Å². The van der Waals surface area contributed by atoms with Crippen molar-refractivity contribution in [3.8, 4) is 11.3 Å². The van der Waals surface area contributed by atoms with E-state index >= 15 is 0 Å². The van der Waals surface area contributed by atoms with Crippen LogP contribution in [0.4, 0.5) is 22.2 Å². The zero-order valence-corrected chi connectivity index (χ0v) is 29.6. The molecule has 0 aliphatic rings. The fraction of sp³-hybridized carbons (Fsp3) is 0.0256. The molecule has 268 valence electrons. The molecule has 0 radical (unpaired) electrons. The van der Waals surface area contributed by atoms with E-state index in [1.807, 2.05) is 30.3 Å². The monoisotopic (exact) mass is 756 g/mol. The summed E-state index contributed by atoms with van der Waals surface area (Å²) in [6.07, 6.45) is 1.24. The second-order valence-corrected chi connectivity index (χ2v) is 13.5. The number of thioether (sulfide) groups is 1. The molecule has 0 aliphatic heterocycles. The van der Waals surface area contributed by atoms with Crippen LogP contribution in [0.2, 0.25) is 0 Å². The molecule has 6 rings (SSSR count). The summed E-state index contributed by atoms with van der Waals surface area (Å²) < 4.78 is 0. The van der Waals surface area contributed by atoms with Crippen LogP contribution in [0.5, 0.6) is 0 Å². The van der Waals surface area contributed by atoms with Gasteiger partial charge < -0.3 is 16.0 Å². The molecule has 15 heteroatoms. The summed E-state index contributed by atoms with van der Waals surface area (Å²) in [5.74, 6) is -1.70. The molecule has 0 saturated heterocycles. The van der Waals surface area contributed by atoms with E-state index in [0.717, 1.165) is 0 Å². The van der Waals surface area contributed by atoms with Gasteiger partial charge in [-0.15, -0.1) is 23.1 Å². The van der Waals surface area contributed by atoms with Crippen LogP contribution in [-0.4, -0.2) is 32.6 Å². The maximum Gasteiger partial charge on any atom is 0.276 e. The Labute approximate surface area is 316 Å². The van der Waals surface area contributed by atoms with Crippen LogP contribution in [-0.2, 0) is 9.59 Å². The van der Waals surface area contributed by atoms with Gasteiger partial charge in [-0.2, -0.15) is 0 Å². The highest BCUT2D eigenvalue weighted by atomic mass is 32.2. The van der Waals surface area contributed by atoms with Crippen molar-refractivity contribution in [2.45, 2.75) is 10.1 Å². The predicted molar refractivity (Wildman–Crippen MR) is 208 cm³/mol. The summed E-state index contributed by atoms with van der Waals surface area (Å²) in [6, 6.07) is 36.0. The average molecular weight is 757 g/mol. The molecular weight excluding hydrogens is 729 g/mol. The number of carbonyl (C=O) groups is 3. The summed E-state index contributed by atoms with van der Waals surface area (Å²) in [5, 5.41) is 32.4. The second kappa shape index (κ2) is 17.0. The van der Waals surface area contributed by atoms with Crippen molar-refractivity contribution in [1.82, 2.24) is 10.3 Å². The number of anilines is 2. The number of amides is 3. The first-order valence-corrected chi connectivity index (χ1v) is 17.9. The van der Waals surface area contributed by atoms with Crippen molar-refractivity contribution in [3.05, 3.63) is 181 Å². The highest BCUT2D eigenvalue weighted by Gasteiger charge is 2.24. The fourth-order valence-electron chi connectivity index (χ4n) is 5.17. The van der Waals surface area contributed by atoms with Gasteiger partial charge in [-0.1, -0.05) is 78.9 Å². The van der Waals surface area contributed by atoms with E-state index in [1.54, 1.807) is 78.2 Å². The van der Waals surface area contributed by atoms with Gasteiger partial charge in [0.05, 0.1) is 21.1 Å². The number of non-ortho nitro benzene ring substituents is 1. The van der Waals surface area contributed by atoms with Crippen LogP contribution >= 0.6 is 23.1 Å². The molecule has 0 bridgehead atoms. The first kappa shape index (κ1) is 36.8. The van der Waals surface area contributed by atoms with Crippen molar-refractivity contribution in [3.63, 3.8) is 0 Å². The SMILES string of the molecule is O=C(Nc1cccc(SC(C(=O)Nc2nc(-c3cccc([N+](=O)[O-])c3)cs2)c2ccccc2)c1)/C(=C\c1ccccc1[N+](=O)[O-])NC(=O)c1ccccc1. The standard InChI is InChI=1S/C39H28N6O7S2/c46-36(26-13-5-2-6-14-26)41-32(22-28-15-7-8-20-34(28)45(51)52)37(47)40-29-17-10-19-31(23-29)54-35(25-11-3-1-4-12-25)38(48)43-39-42-33(24-53-39)27-16-9-18-30(21-27)44(49)50/h1-24,35H,(H,40,47)(H,41,46)(H,42,43,48)/b32-22+. The Morgan fingerprint density at radius 2 is 1.46 bits per heavy atom. The molecule has 3 amide bonds. The maximum absolute atomic E-state index is 13.8. The topological polar surface area (TPSA) is 186 Å². The molecular formula is C39H28N6O7S2. The summed E-state index contributed by atoms with van der Waals surface area (Å²) in [6.45, 7) is 0. The highest BCUT2D eigenvalue weighted by molar-refractivity contribution is 8.00. The third-order valence-corrected chi connectivity index (χ3v) is 9.74. The van der Waals surface area contributed by atoms with E-state index < -0.39 is 26.9 Å². The summed E-state index contributed by atoms with van der Waals surface area (Å²) in [5.41, 5.74) is 1.87. The molecule has 1 heterocycles. The number of benzene rings is 5. The van der Waals surface area contributed by atoms with Gasteiger partial charge in [0, 0.05) is 45.3 Å². The number of nitro benzene ring substituents is 2. The Hall–Kier alpha value is -6.97. The number of aromatic nitrogens is 1. The second-order valence-electron chi connectivity index (χ2n) is 11.4. The Kier molecular flexibility index (Phi) is 11.6. The van der Waals surface area contributed by atoms with E-state index in [-0.39, 0.29) is 34.1 Å². The van der Waals surface area contributed by atoms with E-state index in [9.17, 15) is 34.6 Å². The van der Waals surface area contributed by atoms with Crippen LogP contribution in [0.25, 0.3) is 17.3 Å². The molecule has 3 N–H and O–H groups in total. The van der Waals surface area contributed by atoms with Crippen molar-refractivity contribution in [2.24, 2.45) is 0 Å². The lowest BCUT2D eigenvalue weighted by molar-refractivity contribution is -0.385. The number of carbonyl (C=O) groups excluding carboxylic acids is 3. The van der Waals surface area contributed by atoms with Gasteiger partial charge in [-0.25, -0.2) is 4.98 Å². The molecule has 1 aromatic heterocycles. The van der Waals surface area contributed by atoms with Gasteiger partial charge in [-0.3, -0.25) is 34.6 Å². The Bertz CT molecular complexity index is 2390. The third-order valence-electron chi connectivity index (χ3n) is 7.74. The average Bonchev–Trinajstić information content (AvgIpc) is 3.66. The summed E-state index contributed by atoms with van der Waals surface area (Å²) in [4.78, 5) is 67.6. The fourth-order valence-corrected chi connectivity index (χ4v) is 6.98. The largest absolute Gasteiger partial charge is 0.321 e. The van der Waals surface area contributed by atoms with Crippen molar-refractivity contribution < 1.29 is 24.2 Å². The number of thiazole rings is 1. The minimum absolute atomic E-state index is 0.0746. The van der Waals surface area contributed by atoms with Gasteiger partial charge in [0.15, 0.2) is 5.13 Å². The Balaban J connectivity index is 1.23. The maximum atomic E-state index is 13.8. The Morgan fingerprint density at radius 3 is 2.20 bits per heavy atom. The van der Waals surface area contributed by atoms with Crippen LogP contribution in [0.15, 0.2) is 149 Å². The molecule has 0 spiro atoms. The van der Waals surface area contributed by atoms with Gasteiger partial charge in [0.1, 0.15) is 10.9 Å². The number of nitro groups is 2. The third kappa shape index (κ3) is 9.27. The van der Waals surface area contributed by atoms with Gasteiger partial charge in [0.2, 0.25) is 5.91 Å². The highest BCUT2D eigenvalue weighted by Crippen LogP contribution is 2.38. The number of hydrogen-bond acceptors (Lipinski definition) is 10. The molecule has 0 saturated carbocycles. The zero-order valence-electron chi connectivity index (χ0n) is 27.9. The minimum atomic E-state index is -0.762. The van der Waals surface area contributed by atoms with Crippen molar-refractivity contribution in [1.29, 1.82) is 0 Å². The normalized spacial score (nSPS) is 11.6. The van der Waals surface area contributed by atoms with Crippen LogP contribution in [0, 0.1) is 20.2 Å². The minimum Gasteiger partial charge on any atom is -0.321 e. The van der Waals surface area contributed by atoms with Crippen molar-refractivity contribution in [2.75, 3.05) is 10.6 Å². The summed E-state index contributed by atoms with van der Waals surface area (Å²) in [7, 11) is 0. The smallest absolute Gasteiger partial charge is 0.276 e. The van der Waals surface area contributed by atoms with Gasteiger partial charge >= 0.3 is 0 Å². The number of rotatable bonds is 13. The van der Waals surface area contributed by atoms with Gasteiger partial charge in [-0.05, 0) is 48.0 Å². The first-order valence-electron chi connectivity index (χ1n) is 16.1. The number of nitrogens with zero attached hydrogens (tertiary/aromatic N) is 3. The lowest BCUT2D eigenvalue weighted by Crippen LogP contribution is -2.30. The molecule has 6 aromatic rings. The zero-order chi connectivity index (χ0) is 38.0. The molecule has 1 unspecified atom stereocenters. The van der Waals surface area contributed by atoms with Crippen molar-refractivity contribution >= 4 is 69.1 Å². The van der Waals surface area contributed by atoms with E-state index in [4.69, 9.17) is 0 Å². The number of para-hydroxylation sites is 1. The lowest BCUT2D eigenvalue weighted by atomic mass is 10.1. The molecule has 13 nitrogen and oxygen atoms in total. The first-order chi connectivity index (χ1) is 26.1. The Morgan fingerprint density at radius 1 is 0.759 bits per heavy atom. The predicted octanol–water partition coefficient (Wildman–Crippen LogP) is 8.51. The molecule has 0 aliphatic carbocycles. The number of nitrogens with one attached hydrogen (secondary N) is 3. The van der Waals surface area contributed by atoms with Crippen LogP contribution < -0.4 is 16.0 Å². The molecule has 0 fully saturated rings. The van der Waals surface area contributed by atoms with Crippen LogP contribution in [0.1, 0.15) is 26.7 Å². The van der Waals surface area contributed by atoms with E-state index in [2.05, 4.69) is 20.9 Å². The van der Waals surface area contributed by atoms with Crippen LogP contribution in [0.3, 0.4) is 0 Å². The van der Waals surface area contributed by atoms with Gasteiger partial charge in [0.25, 0.3) is 23.2 Å². The summed E-state index contributed by atoms with van der Waals surface area (Å²) >= 11 is 2.40. The van der Waals surface area contributed by atoms with E-state index in [0.29, 0.717) is 32.5 Å². The lowest BCUT2D eigenvalue weighted by Gasteiger charge is -2.17.